The summed E-state index contributed by atoms with van der Waals surface area (Å²) in [7, 11) is 0. The summed E-state index contributed by atoms with van der Waals surface area (Å²) in [4.78, 5) is 11.4. The van der Waals surface area contributed by atoms with E-state index < -0.39 is 0 Å². The summed E-state index contributed by atoms with van der Waals surface area (Å²) in [6.07, 6.45) is 0. The number of hydrogen-bond donors (Lipinski definition) is 1. The summed E-state index contributed by atoms with van der Waals surface area (Å²) >= 11 is 0. The summed E-state index contributed by atoms with van der Waals surface area (Å²) in [6, 6.07) is 8.11. The Hall–Kier alpha value is -1.77. The molecule has 0 aromatic heterocycles. The Morgan fingerprint density at radius 1 is 1.38 bits per heavy atom. The van der Waals surface area contributed by atoms with E-state index in [2.05, 4.69) is 31.9 Å². The van der Waals surface area contributed by atoms with Crippen LogP contribution >= 0.6 is 0 Å². The molecule has 1 aromatic rings. The summed E-state index contributed by atoms with van der Waals surface area (Å²) in [6.45, 7) is 8.58. The Morgan fingerprint density at radius 3 is 2.62 bits per heavy atom. The molecule has 1 aliphatic rings. The second-order valence-electron chi connectivity index (χ2n) is 4.34. The molecule has 1 saturated heterocycles. The van der Waals surface area contributed by atoms with Gasteiger partial charge in [-0.3, -0.25) is 15.2 Å². The molecule has 0 bridgehead atoms. The van der Waals surface area contributed by atoms with Gasteiger partial charge in [-0.25, -0.2) is 0 Å². The Morgan fingerprint density at radius 2 is 2.06 bits per heavy atom. The van der Waals surface area contributed by atoms with Crippen molar-refractivity contribution in [3.63, 3.8) is 0 Å². The molecule has 2 rings (SSSR count). The van der Waals surface area contributed by atoms with E-state index in [4.69, 9.17) is 0 Å². The average Bonchev–Trinajstić information content (AvgIpc) is 2.59. The molecule has 1 amide bonds. The van der Waals surface area contributed by atoms with Gasteiger partial charge in [0.25, 0.3) is 5.91 Å². The maximum atomic E-state index is 11.4. The van der Waals surface area contributed by atoms with Gasteiger partial charge in [0.2, 0.25) is 0 Å². The number of para-hydroxylation sites is 1. The van der Waals surface area contributed by atoms with Crippen molar-refractivity contribution in [1.82, 2.24) is 5.43 Å². The van der Waals surface area contributed by atoms with Gasteiger partial charge in [0.05, 0.1) is 12.2 Å². The average molecular weight is 216 g/mol. The summed E-state index contributed by atoms with van der Waals surface area (Å²) in [5, 5.41) is 1.86. The third-order valence-electron chi connectivity index (χ3n) is 2.76. The van der Waals surface area contributed by atoms with Crippen molar-refractivity contribution >= 4 is 11.6 Å². The van der Waals surface area contributed by atoms with Crippen molar-refractivity contribution in [3.05, 3.63) is 42.0 Å². The molecular weight excluding hydrogens is 200 g/mol. The van der Waals surface area contributed by atoms with E-state index >= 15 is 0 Å². The monoisotopic (exact) mass is 216 g/mol. The van der Waals surface area contributed by atoms with Crippen LogP contribution in [0.15, 0.2) is 36.4 Å². The number of amides is 1. The molecule has 3 nitrogen and oxygen atoms in total. The van der Waals surface area contributed by atoms with Crippen LogP contribution in [0.5, 0.6) is 0 Å². The number of hydrazine groups is 1. The van der Waals surface area contributed by atoms with Crippen LogP contribution in [0.2, 0.25) is 0 Å². The van der Waals surface area contributed by atoms with E-state index in [1.807, 2.05) is 23.2 Å². The summed E-state index contributed by atoms with van der Waals surface area (Å²) in [5.41, 5.74) is 5.71. The lowest BCUT2D eigenvalue weighted by Crippen LogP contribution is -2.33. The highest BCUT2D eigenvalue weighted by atomic mass is 16.2. The van der Waals surface area contributed by atoms with Crippen LogP contribution in [-0.2, 0) is 4.79 Å². The van der Waals surface area contributed by atoms with Crippen molar-refractivity contribution in [2.24, 2.45) is 0 Å². The first-order valence-corrected chi connectivity index (χ1v) is 5.45. The first kappa shape index (κ1) is 10.7. The van der Waals surface area contributed by atoms with Crippen molar-refractivity contribution in [2.75, 3.05) is 11.6 Å². The lowest BCUT2D eigenvalue weighted by Gasteiger charge is -2.22. The predicted molar refractivity (Wildman–Crippen MR) is 65.2 cm³/mol. The molecule has 1 N–H and O–H groups in total. The number of benzene rings is 1. The van der Waals surface area contributed by atoms with Crippen LogP contribution < -0.4 is 10.4 Å². The van der Waals surface area contributed by atoms with Gasteiger partial charge in [-0.05, 0) is 17.5 Å². The number of carbonyl (C=O) groups is 1. The highest BCUT2D eigenvalue weighted by Crippen LogP contribution is 2.28. The minimum atomic E-state index is -0.0847. The van der Waals surface area contributed by atoms with Crippen molar-refractivity contribution in [3.8, 4) is 0 Å². The van der Waals surface area contributed by atoms with Crippen LogP contribution in [0.3, 0.4) is 0 Å². The van der Waals surface area contributed by atoms with Crippen LogP contribution in [0, 0.1) is 0 Å². The SMILES string of the molecule is C=C1CN(c2ccccc2C(C)C)NC1=O. The van der Waals surface area contributed by atoms with Crippen LogP contribution in [0.25, 0.3) is 0 Å². The quantitative estimate of drug-likeness (QED) is 0.769. The maximum absolute atomic E-state index is 11.4. The second-order valence-corrected chi connectivity index (χ2v) is 4.34. The zero-order valence-electron chi connectivity index (χ0n) is 9.66. The molecule has 0 aliphatic carbocycles. The van der Waals surface area contributed by atoms with Gasteiger partial charge in [-0.2, -0.15) is 0 Å². The molecule has 3 heteroatoms. The molecule has 0 atom stereocenters. The Bertz CT molecular complexity index is 421. The topological polar surface area (TPSA) is 32.3 Å². The maximum Gasteiger partial charge on any atom is 0.267 e. The summed E-state index contributed by atoms with van der Waals surface area (Å²) < 4.78 is 0. The molecule has 1 fully saturated rings. The lowest BCUT2D eigenvalue weighted by atomic mass is 10.0. The smallest absolute Gasteiger partial charge is 0.267 e. The number of anilines is 1. The van der Waals surface area contributed by atoms with Gasteiger partial charge < -0.3 is 0 Å². The van der Waals surface area contributed by atoms with Crippen molar-refractivity contribution < 1.29 is 4.79 Å². The van der Waals surface area contributed by atoms with Gasteiger partial charge >= 0.3 is 0 Å². The molecule has 1 heterocycles. The van der Waals surface area contributed by atoms with Gasteiger partial charge in [0, 0.05) is 5.57 Å². The molecule has 0 radical (unpaired) electrons. The minimum absolute atomic E-state index is 0.0847. The molecular formula is C13H16N2O. The Labute approximate surface area is 95.7 Å². The van der Waals surface area contributed by atoms with Gasteiger partial charge in [-0.1, -0.05) is 38.6 Å². The highest BCUT2D eigenvalue weighted by molar-refractivity contribution is 5.98. The van der Waals surface area contributed by atoms with Crippen LogP contribution in [0.4, 0.5) is 5.69 Å². The lowest BCUT2D eigenvalue weighted by molar-refractivity contribution is -0.116. The molecule has 0 spiro atoms. The molecule has 16 heavy (non-hydrogen) atoms. The molecule has 1 aliphatic heterocycles. The molecule has 1 aromatic carbocycles. The van der Waals surface area contributed by atoms with E-state index in [1.54, 1.807) is 0 Å². The first-order chi connectivity index (χ1) is 7.59. The van der Waals surface area contributed by atoms with Gasteiger partial charge in [0.15, 0.2) is 0 Å². The van der Waals surface area contributed by atoms with E-state index in [-0.39, 0.29) is 5.91 Å². The normalized spacial score (nSPS) is 15.8. The van der Waals surface area contributed by atoms with E-state index in [0.29, 0.717) is 18.0 Å². The summed E-state index contributed by atoms with van der Waals surface area (Å²) in [5.74, 6) is 0.348. The van der Waals surface area contributed by atoms with E-state index in [1.165, 1.54) is 5.56 Å². The first-order valence-electron chi connectivity index (χ1n) is 5.45. The fraction of sp³-hybridized carbons (Fsp3) is 0.308. The zero-order chi connectivity index (χ0) is 11.7. The highest BCUT2D eigenvalue weighted by Gasteiger charge is 2.24. The van der Waals surface area contributed by atoms with Gasteiger partial charge in [-0.15, -0.1) is 0 Å². The zero-order valence-corrected chi connectivity index (χ0v) is 9.66. The fourth-order valence-electron chi connectivity index (χ4n) is 1.87. The van der Waals surface area contributed by atoms with E-state index in [9.17, 15) is 4.79 Å². The molecule has 84 valence electrons. The van der Waals surface area contributed by atoms with Crippen molar-refractivity contribution in [2.45, 2.75) is 19.8 Å². The third kappa shape index (κ3) is 1.81. The number of carbonyl (C=O) groups excluding carboxylic acids is 1. The molecule has 0 saturated carbocycles. The standard InChI is InChI=1S/C13H16N2O/c1-9(2)11-6-4-5-7-12(11)15-8-10(3)13(16)14-15/h4-7,9H,3,8H2,1-2H3,(H,14,16). The van der Waals surface area contributed by atoms with Crippen LogP contribution in [-0.4, -0.2) is 12.5 Å². The largest absolute Gasteiger partial charge is 0.280 e. The van der Waals surface area contributed by atoms with Crippen LogP contribution in [0.1, 0.15) is 25.3 Å². The Kier molecular flexibility index (Phi) is 2.69. The number of nitrogens with zero attached hydrogens (tertiary/aromatic N) is 1. The second kappa shape index (κ2) is 4.00. The van der Waals surface area contributed by atoms with Gasteiger partial charge in [0.1, 0.15) is 0 Å². The minimum Gasteiger partial charge on any atom is -0.280 e. The predicted octanol–water partition coefficient (Wildman–Crippen LogP) is 2.22. The number of hydrogen-bond acceptors (Lipinski definition) is 2. The third-order valence-corrected chi connectivity index (χ3v) is 2.76. The van der Waals surface area contributed by atoms with Crippen molar-refractivity contribution in [1.29, 1.82) is 0 Å². The molecule has 0 unspecified atom stereocenters. The number of rotatable bonds is 2. The van der Waals surface area contributed by atoms with E-state index in [0.717, 1.165) is 5.69 Å². The number of nitrogens with one attached hydrogen (secondary N) is 1. The Balaban J connectivity index is 2.34. The fourth-order valence-corrected chi connectivity index (χ4v) is 1.87.